The first-order valence-corrected chi connectivity index (χ1v) is 10.2. The Morgan fingerprint density at radius 2 is 2.13 bits per heavy atom. The maximum absolute atomic E-state index is 14.3. The molecule has 3 N–H and O–H groups in total. The highest BCUT2D eigenvalue weighted by Crippen LogP contribution is 2.30. The number of anilines is 1. The Morgan fingerprint density at radius 1 is 1.27 bits per heavy atom. The van der Waals surface area contributed by atoms with E-state index < -0.39 is 0 Å². The number of aromatic nitrogens is 5. The van der Waals surface area contributed by atoms with Crippen molar-refractivity contribution in [2.24, 2.45) is 0 Å². The van der Waals surface area contributed by atoms with E-state index in [1.54, 1.807) is 23.0 Å². The van der Waals surface area contributed by atoms with Crippen LogP contribution in [0.5, 0.6) is 0 Å². The monoisotopic (exact) mass is 410 g/mol. The fraction of sp³-hybridized carbons (Fsp3) is 0.381. The molecule has 4 aromatic heterocycles. The number of H-pyrrole nitrogens is 1. The summed E-state index contributed by atoms with van der Waals surface area (Å²) in [6.07, 6.45) is 12.8. The van der Waals surface area contributed by atoms with Crippen molar-refractivity contribution < 1.29 is 14.2 Å². The minimum absolute atomic E-state index is 0.0625. The Labute approximate surface area is 172 Å². The third-order valence-electron chi connectivity index (χ3n) is 5.64. The normalized spacial score (nSPS) is 19.5. The number of nitrogens with one attached hydrogen (secondary N) is 2. The summed E-state index contributed by atoms with van der Waals surface area (Å²) in [5, 5.41) is 13.1. The Morgan fingerprint density at radius 3 is 2.97 bits per heavy atom. The highest BCUT2D eigenvalue weighted by Gasteiger charge is 2.22. The van der Waals surface area contributed by atoms with Gasteiger partial charge in [-0.3, -0.25) is 0 Å². The van der Waals surface area contributed by atoms with E-state index in [0.29, 0.717) is 29.9 Å². The molecule has 0 amide bonds. The molecule has 0 spiro atoms. The van der Waals surface area contributed by atoms with Gasteiger partial charge in [-0.1, -0.05) is 0 Å². The van der Waals surface area contributed by atoms with Crippen LogP contribution in [0.15, 0.2) is 37.1 Å². The standard InChI is InChI=1S/C21H23FN6O2/c22-18-9-13(12-28-6-5-23-20(18)28)16-10-24-19-17(16)11-25-21(27-19)26-14-1-3-15(4-2-14)30-8-7-29/h5-6,9-12,14-15,29H,1-4,7-8H2,(H2,24,25,26,27)/t14-,15-. The number of aromatic amines is 1. The average Bonchev–Trinajstić information content (AvgIpc) is 3.40. The largest absolute Gasteiger partial charge is 0.394 e. The average molecular weight is 410 g/mol. The third kappa shape index (κ3) is 3.61. The van der Waals surface area contributed by atoms with Gasteiger partial charge >= 0.3 is 0 Å². The third-order valence-corrected chi connectivity index (χ3v) is 5.64. The molecule has 0 atom stereocenters. The van der Waals surface area contributed by atoms with Gasteiger partial charge in [0.15, 0.2) is 11.5 Å². The van der Waals surface area contributed by atoms with Gasteiger partial charge in [-0.2, -0.15) is 4.98 Å². The van der Waals surface area contributed by atoms with E-state index in [-0.39, 0.29) is 18.5 Å². The number of hydrogen-bond acceptors (Lipinski definition) is 6. The predicted octanol–water partition coefficient (Wildman–Crippen LogP) is 3.14. The summed E-state index contributed by atoms with van der Waals surface area (Å²) in [5.74, 6) is 0.205. The van der Waals surface area contributed by atoms with Crippen LogP contribution < -0.4 is 5.32 Å². The van der Waals surface area contributed by atoms with Crippen molar-refractivity contribution >= 4 is 22.6 Å². The SMILES string of the molecule is OCCO[C@H]1CC[C@H](Nc2ncc3c(-c4cc(F)c5nccn5c4)c[nH]c3n2)CC1. The van der Waals surface area contributed by atoms with Crippen molar-refractivity contribution in [1.29, 1.82) is 0 Å². The van der Waals surface area contributed by atoms with E-state index in [0.717, 1.165) is 42.2 Å². The molecule has 0 radical (unpaired) electrons. The molecular formula is C21H23FN6O2. The molecule has 1 aliphatic rings. The number of ether oxygens (including phenoxy) is 1. The fourth-order valence-corrected chi connectivity index (χ4v) is 4.13. The first-order chi connectivity index (χ1) is 14.7. The predicted molar refractivity (Wildman–Crippen MR) is 111 cm³/mol. The van der Waals surface area contributed by atoms with E-state index in [1.807, 2.05) is 12.4 Å². The smallest absolute Gasteiger partial charge is 0.224 e. The van der Waals surface area contributed by atoms with Crippen LogP contribution in [0, 0.1) is 5.82 Å². The summed E-state index contributed by atoms with van der Waals surface area (Å²) < 4.78 is 21.6. The van der Waals surface area contributed by atoms with Crippen LogP contribution in [0.2, 0.25) is 0 Å². The molecule has 4 heterocycles. The Kier molecular flexibility index (Phi) is 5.06. The minimum atomic E-state index is -0.371. The lowest BCUT2D eigenvalue weighted by Gasteiger charge is -2.28. The van der Waals surface area contributed by atoms with Gasteiger partial charge in [0.2, 0.25) is 5.95 Å². The lowest BCUT2D eigenvalue weighted by molar-refractivity contribution is 0.00719. The molecule has 4 aromatic rings. The van der Waals surface area contributed by atoms with Crippen LogP contribution >= 0.6 is 0 Å². The zero-order valence-electron chi connectivity index (χ0n) is 16.4. The molecule has 5 rings (SSSR count). The van der Waals surface area contributed by atoms with Crippen molar-refractivity contribution in [3.05, 3.63) is 42.9 Å². The second-order valence-corrected chi connectivity index (χ2v) is 7.61. The van der Waals surface area contributed by atoms with Crippen molar-refractivity contribution in [1.82, 2.24) is 24.3 Å². The van der Waals surface area contributed by atoms with E-state index in [4.69, 9.17) is 9.84 Å². The number of nitrogens with zero attached hydrogens (tertiary/aromatic N) is 4. The quantitative estimate of drug-likeness (QED) is 0.452. The van der Waals surface area contributed by atoms with Crippen molar-refractivity contribution in [3.63, 3.8) is 0 Å². The maximum Gasteiger partial charge on any atom is 0.224 e. The molecule has 30 heavy (non-hydrogen) atoms. The molecule has 0 aliphatic heterocycles. The van der Waals surface area contributed by atoms with Gasteiger partial charge in [0.05, 0.1) is 19.3 Å². The molecule has 1 aliphatic carbocycles. The van der Waals surface area contributed by atoms with Crippen LogP contribution in [-0.2, 0) is 4.74 Å². The molecular weight excluding hydrogens is 387 g/mol. The van der Waals surface area contributed by atoms with Gasteiger partial charge in [0.25, 0.3) is 0 Å². The summed E-state index contributed by atoms with van der Waals surface area (Å²) >= 11 is 0. The number of aliphatic hydroxyl groups is 1. The molecule has 9 heteroatoms. The minimum Gasteiger partial charge on any atom is -0.394 e. The number of aliphatic hydroxyl groups excluding tert-OH is 1. The summed E-state index contributed by atoms with van der Waals surface area (Å²) in [6, 6.07) is 1.78. The van der Waals surface area contributed by atoms with E-state index in [1.165, 1.54) is 6.07 Å². The summed E-state index contributed by atoms with van der Waals surface area (Å²) in [7, 11) is 0. The van der Waals surface area contributed by atoms with Crippen LogP contribution in [0.25, 0.3) is 27.8 Å². The lowest BCUT2D eigenvalue weighted by Crippen LogP contribution is -2.30. The zero-order valence-corrected chi connectivity index (χ0v) is 16.4. The van der Waals surface area contributed by atoms with Crippen LogP contribution in [0.4, 0.5) is 10.3 Å². The number of halogens is 1. The fourth-order valence-electron chi connectivity index (χ4n) is 4.13. The van der Waals surface area contributed by atoms with Crippen molar-refractivity contribution in [3.8, 4) is 11.1 Å². The van der Waals surface area contributed by atoms with Gasteiger partial charge in [0, 0.05) is 53.5 Å². The lowest BCUT2D eigenvalue weighted by atomic mass is 9.93. The molecule has 0 aromatic carbocycles. The first-order valence-electron chi connectivity index (χ1n) is 10.2. The van der Waals surface area contributed by atoms with Crippen molar-refractivity contribution in [2.75, 3.05) is 18.5 Å². The van der Waals surface area contributed by atoms with Gasteiger partial charge in [-0.25, -0.2) is 14.4 Å². The molecule has 0 unspecified atom stereocenters. The maximum atomic E-state index is 14.3. The number of rotatable bonds is 6. The molecule has 0 saturated heterocycles. The van der Waals surface area contributed by atoms with Crippen LogP contribution in [0.1, 0.15) is 25.7 Å². The number of fused-ring (bicyclic) bond motifs is 2. The van der Waals surface area contributed by atoms with Gasteiger partial charge in [-0.15, -0.1) is 0 Å². The highest BCUT2D eigenvalue weighted by molar-refractivity contribution is 5.93. The second kappa shape index (κ2) is 8.00. The van der Waals surface area contributed by atoms with Crippen molar-refractivity contribution in [2.45, 2.75) is 37.8 Å². The Balaban J connectivity index is 1.33. The van der Waals surface area contributed by atoms with E-state index in [2.05, 4.69) is 25.3 Å². The molecule has 156 valence electrons. The molecule has 1 fully saturated rings. The topological polar surface area (TPSA) is 100 Å². The molecule has 8 nitrogen and oxygen atoms in total. The second-order valence-electron chi connectivity index (χ2n) is 7.61. The van der Waals surface area contributed by atoms with Crippen LogP contribution in [0.3, 0.4) is 0 Å². The number of hydrogen-bond donors (Lipinski definition) is 3. The Bertz CT molecular complexity index is 1160. The summed E-state index contributed by atoms with van der Waals surface area (Å²) in [4.78, 5) is 16.3. The van der Waals surface area contributed by atoms with Gasteiger partial charge in [0.1, 0.15) is 5.65 Å². The first kappa shape index (κ1) is 19.0. The van der Waals surface area contributed by atoms with Crippen LogP contribution in [-0.4, -0.2) is 54.8 Å². The van der Waals surface area contributed by atoms with Gasteiger partial charge < -0.3 is 24.5 Å². The summed E-state index contributed by atoms with van der Waals surface area (Å²) in [6.45, 7) is 0.461. The number of imidazole rings is 1. The number of pyridine rings is 1. The van der Waals surface area contributed by atoms with E-state index >= 15 is 0 Å². The molecule has 0 bridgehead atoms. The Hall–Kier alpha value is -3.04. The van der Waals surface area contributed by atoms with Gasteiger partial charge in [-0.05, 0) is 31.7 Å². The summed E-state index contributed by atoms with van der Waals surface area (Å²) in [5.41, 5.74) is 2.58. The zero-order chi connectivity index (χ0) is 20.5. The molecule has 1 saturated carbocycles. The highest BCUT2D eigenvalue weighted by atomic mass is 19.1. The van der Waals surface area contributed by atoms with E-state index in [9.17, 15) is 4.39 Å².